The van der Waals surface area contributed by atoms with E-state index in [0.717, 1.165) is 5.57 Å². The Labute approximate surface area is 105 Å². The highest BCUT2D eigenvalue weighted by atomic mass is 35.7. The van der Waals surface area contributed by atoms with E-state index < -0.39 is 9.05 Å². The number of halogens is 1. The lowest BCUT2D eigenvalue weighted by atomic mass is 10.2. The van der Waals surface area contributed by atoms with E-state index >= 15 is 0 Å². The summed E-state index contributed by atoms with van der Waals surface area (Å²) < 4.78 is 22.2. The number of amides is 1. The van der Waals surface area contributed by atoms with Gasteiger partial charge in [0.05, 0.1) is 4.90 Å². The predicted molar refractivity (Wildman–Crippen MR) is 66.6 cm³/mol. The van der Waals surface area contributed by atoms with Crippen LogP contribution in [-0.2, 0) is 9.05 Å². The number of hydrogen-bond donors (Lipinski definition) is 1. The van der Waals surface area contributed by atoms with Crippen LogP contribution in [0.5, 0.6) is 0 Å². The molecule has 1 aromatic carbocycles. The lowest BCUT2D eigenvalue weighted by Crippen LogP contribution is -2.24. The Kier molecular flexibility index (Phi) is 4.31. The van der Waals surface area contributed by atoms with Gasteiger partial charge in [-0.25, -0.2) is 8.42 Å². The van der Waals surface area contributed by atoms with Gasteiger partial charge in [0.2, 0.25) is 0 Å². The number of hydrogen-bond acceptors (Lipinski definition) is 3. The molecular weight excluding hydrogens is 262 g/mol. The van der Waals surface area contributed by atoms with Crippen molar-refractivity contribution in [1.29, 1.82) is 0 Å². The van der Waals surface area contributed by atoms with Crippen LogP contribution in [0.15, 0.2) is 41.3 Å². The second-order valence-corrected chi connectivity index (χ2v) is 6.17. The van der Waals surface area contributed by atoms with Gasteiger partial charge < -0.3 is 5.32 Å². The van der Waals surface area contributed by atoms with Crippen LogP contribution in [0.1, 0.15) is 17.3 Å². The Morgan fingerprint density at radius 2 is 2.12 bits per heavy atom. The molecule has 0 bridgehead atoms. The molecule has 4 nitrogen and oxygen atoms in total. The molecule has 0 spiro atoms. The molecule has 1 N–H and O–H groups in total. The molecule has 1 aromatic rings. The highest BCUT2D eigenvalue weighted by Crippen LogP contribution is 2.16. The van der Waals surface area contributed by atoms with Crippen LogP contribution in [-0.4, -0.2) is 20.9 Å². The third-order valence-corrected chi connectivity index (χ3v) is 3.28. The summed E-state index contributed by atoms with van der Waals surface area (Å²) in [5.41, 5.74) is 1.05. The predicted octanol–water partition coefficient (Wildman–Crippen LogP) is 1.92. The van der Waals surface area contributed by atoms with Gasteiger partial charge in [-0.05, 0) is 25.1 Å². The van der Waals surface area contributed by atoms with E-state index in [4.69, 9.17) is 10.7 Å². The second-order valence-electron chi connectivity index (χ2n) is 3.61. The number of carbonyl (C=O) groups is 1. The summed E-state index contributed by atoms with van der Waals surface area (Å²) in [6.07, 6.45) is 0. The van der Waals surface area contributed by atoms with Crippen LogP contribution in [0.25, 0.3) is 0 Å². The maximum absolute atomic E-state index is 11.6. The Bertz CT molecular complexity index is 552. The molecule has 0 saturated carbocycles. The topological polar surface area (TPSA) is 63.2 Å². The van der Waals surface area contributed by atoms with E-state index in [0.29, 0.717) is 6.54 Å². The van der Waals surface area contributed by atoms with Gasteiger partial charge in [-0.3, -0.25) is 4.79 Å². The molecule has 0 aliphatic heterocycles. The molecule has 1 rings (SSSR count). The normalized spacial score (nSPS) is 10.9. The largest absolute Gasteiger partial charge is 0.348 e. The van der Waals surface area contributed by atoms with E-state index in [1.807, 2.05) is 0 Å². The summed E-state index contributed by atoms with van der Waals surface area (Å²) in [6, 6.07) is 5.54. The van der Waals surface area contributed by atoms with Crippen molar-refractivity contribution in [3.8, 4) is 0 Å². The summed E-state index contributed by atoms with van der Waals surface area (Å²) in [5, 5.41) is 2.60. The monoisotopic (exact) mass is 273 g/mol. The molecule has 0 unspecified atom stereocenters. The number of benzene rings is 1. The van der Waals surface area contributed by atoms with E-state index in [2.05, 4.69) is 11.9 Å². The third kappa shape index (κ3) is 4.20. The number of nitrogens with one attached hydrogen (secondary N) is 1. The highest BCUT2D eigenvalue weighted by Gasteiger charge is 2.12. The minimum atomic E-state index is -3.82. The minimum absolute atomic E-state index is 0.0952. The van der Waals surface area contributed by atoms with Crippen molar-refractivity contribution in [2.45, 2.75) is 11.8 Å². The SMILES string of the molecule is C=C(C)CNC(=O)c1cccc(S(=O)(=O)Cl)c1. The molecule has 0 radical (unpaired) electrons. The Morgan fingerprint density at radius 3 is 2.65 bits per heavy atom. The standard InChI is InChI=1S/C11H12ClNO3S/c1-8(2)7-13-11(14)9-4-3-5-10(6-9)17(12,15)16/h3-6H,1,7H2,2H3,(H,13,14). The Morgan fingerprint density at radius 1 is 1.47 bits per heavy atom. The lowest BCUT2D eigenvalue weighted by molar-refractivity contribution is 0.0957. The van der Waals surface area contributed by atoms with Crippen molar-refractivity contribution < 1.29 is 13.2 Å². The first kappa shape index (κ1) is 13.7. The van der Waals surface area contributed by atoms with Crippen LogP contribution in [0, 0.1) is 0 Å². The zero-order chi connectivity index (χ0) is 13.1. The van der Waals surface area contributed by atoms with Crippen molar-refractivity contribution >= 4 is 25.6 Å². The van der Waals surface area contributed by atoms with E-state index in [1.54, 1.807) is 6.92 Å². The van der Waals surface area contributed by atoms with Gasteiger partial charge in [-0.2, -0.15) is 0 Å². The number of carbonyl (C=O) groups excluding carboxylic acids is 1. The zero-order valence-electron chi connectivity index (χ0n) is 9.23. The molecule has 0 aromatic heterocycles. The van der Waals surface area contributed by atoms with Crippen LogP contribution in [0.2, 0.25) is 0 Å². The first-order chi connectivity index (χ1) is 7.80. The minimum Gasteiger partial charge on any atom is -0.348 e. The maximum atomic E-state index is 11.6. The van der Waals surface area contributed by atoms with Gasteiger partial charge in [0, 0.05) is 22.8 Å². The molecular formula is C11H12ClNO3S. The molecule has 92 valence electrons. The van der Waals surface area contributed by atoms with Gasteiger partial charge in [0.1, 0.15) is 0 Å². The van der Waals surface area contributed by atoms with Crippen LogP contribution in [0.3, 0.4) is 0 Å². The fraction of sp³-hybridized carbons (Fsp3) is 0.182. The van der Waals surface area contributed by atoms with Crippen molar-refractivity contribution in [3.63, 3.8) is 0 Å². The summed E-state index contributed by atoms with van der Waals surface area (Å²) in [5.74, 6) is -0.366. The molecule has 1 amide bonds. The molecule has 0 heterocycles. The summed E-state index contributed by atoms with van der Waals surface area (Å²) >= 11 is 0. The molecule has 0 saturated heterocycles. The molecule has 0 aliphatic carbocycles. The summed E-state index contributed by atoms with van der Waals surface area (Å²) in [4.78, 5) is 11.5. The van der Waals surface area contributed by atoms with Gasteiger partial charge in [-0.15, -0.1) is 0 Å². The van der Waals surface area contributed by atoms with Crippen molar-refractivity contribution in [2.75, 3.05) is 6.54 Å². The Balaban J connectivity index is 2.93. The van der Waals surface area contributed by atoms with E-state index in [1.165, 1.54) is 24.3 Å². The van der Waals surface area contributed by atoms with Crippen molar-refractivity contribution in [1.82, 2.24) is 5.32 Å². The Hall–Kier alpha value is -1.33. The molecule has 6 heteroatoms. The summed E-state index contributed by atoms with van der Waals surface area (Å²) in [7, 11) is 1.37. The van der Waals surface area contributed by atoms with E-state index in [-0.39, 0.29) is 16.4 Å². The first-order valence-electron chi connectivity index (χ1n) is 4.78. The third-order valence-electron chi connectivity index (χ3n) is 1.93. The van der Waals surface area contributed by atoms with Gasteiger partial charge in [-0.1, -0.05) is 18.2 Å². The van der Waals surface area contributed by atoms with Crippen LogP contribution in [0.4, 0.5) is 0 Å². The first-order valence-corrected chi connectivity index (χ1v) is 7.09. The smallest absolute Gasteiger partial charge is 0.261 e. The fourth-order valence-electron chi connectivity index (χ4n) is 1.12. The maximum Gasteiger partial charge on any atom is 0.261 e. The second kappa shape index (κ2) is 5.33. The van der Waals surface area contributed by atoms with Gasteiger partial charge >= 0.3 is 0 Å². The average molecular weight is 274 g/mol. The molecule has 0 fully saturated rings. The van der Waals surface area contributed by atoms with Gasteiger partial charge in [0.25, 0.3) is 15.0 Å². The van der Waals surface area contributed by atoms with Crippen molar-refractivity contribution in [2.24, 2.45) is 0 Å². The number of rotatable bonds is 4. The van der Waals surface area contributed by atoms with E-state index in [9.17, 15) is 13.2 Å². The van der Waals surface area contributed by atoms with Crippen LogP contribution < -0.4 is 5.32 Å². The fourth-order valence-corrected chi connectivity index (χ4v) is 1.92. The highest BCUT2D eigenvalue weighted by molar-refractivity contribution is 8.13. The lowest BCUT2D eigenvalue weighted by Gasteiger charge is -2.05. The quantitative estimate of drug-likeness (QED) is 0.673. The average Bonchev–Trinajstić information content (AvgIpc) is 2.25. The summed E-state index contributed by atoms with van der Waals surface area (Å²) in [6.45, 7) is 5.77. The molecule has 0 atom stereocenters. The van der Waals surface area contributed by atoms with Gasteiger partial charge in [0.15, 0.2) is 0 Å². The van der Waals surface area contributed by atoms with Crippen LogP contribution >= 0.6 is 10.7 Å². The zero-order valence-corrected chi connectivity index (χ0v) is 10.8. The van der Waals surface area contributed by atoms with Crippen molar-refractivity contribution in [3.05, 3.63) is 42.0 Å². The molecule has 0 aliphatic rings. The molecule has 17 heavy (non-hydrogen) atoms.